The lowest BCUT2D eigenvalue weighted by molar-refractivity contribution is -0.123. The quantitative estimate of drug-likeness (QED) is 0.550. The molecule has 0 saturated heterocycles. The molecule has 0 aliphatic rings. The van der Waals surface area contributed by atoms with E-state index in [0.29, 0.717) is 5.70 Å². The normalized spacial score (nSPS) is 10.4. The van der Waals surface area contributed by atoms with Gasteiger partial charge in [-0.1, -0.05) is 19.2 Å². The Morgan fingerprint density at radius 3 is 2.40 bits per heavy atom. The highest BCUT2D eigenvalue weighted by Gasteiger charge is 2.06. The van der Waals surface area contributed by atoms with E-state index in [9.17, 15) is 9.59 Å². The molecule has 2 amide bonds. The molecule has 82 valence electrons. The van der Waals surface area contributed by atoms with Crippen molar-refractivity contribution in [2.75, 3.05) is 6.61 Å². The van der Waals surface area contributed by atoms with E-state index in [1.165, 1.54) is 19.1 Å². The van der Waals surface area contributed by atoms with Gasteiger partial charge in [-0.15, -0.1) is 0 Å². The minimum absolute atomic E-state index is 0.240. The highest BCUT2D eigenvalue weighted by Crippen LogP contribution is 2.00. The Kier molecular flexibility index (Phi) is 5.73. The van der Waals surface area contributed by atoms with Crippen molar-refractivity contribution in [2.45, 2.75) is 6.92 Å². The summed E-state index contributed by atoms with van der Waals surface area (Å²) in [7, 11) is 0. The number of amides is 2. The fraction of sp³-hybridized carbons (Fsp3) is 0.200. The van der Waals surface area contributed by atoms with Gasteiger partial charge in [0, 0.05) is 6.92 Å². The van der Waals surface area contributed by atoms with Gasteiger partial charge in [-0.3, -0.25) is 9.59 Å². The minimum Gasteiger partial charge on any atom is -0.387 e. The van der Waals surface area contributed by atoms with Crippen molar-refractivity contribution in [2.24, 2.45) is 0 Å². The Balaban J connectivity index is 4.60. The van der Waals surface area contributed by atoms with Crippen LogP contribution in [0.5, 0.6) is 0 Å². The largest absolute Gasteiger partial charge is 0.387 e. The lowest BCUT2D eigenvalue weighted by atomic mass is 10.3. The summed E-state index contributed by atoms with van der Waals surface area (Å²) in [5.41, 5.74) is 0.531. The maximum absolute atomic E-state index is 10.9. The van der Waals surface area contributed by atoms with E-state index >= 15 is 0 Å². The van der Waals surface area contributed by atoms with Gasteiger partial charge in [0.2, 0.25) is 11.8 Å². The molecule has 3 N–H and O–H groups in total. The first-order valence-electron chi connectivity index (χ1n) is 4.21. The van der Waals surface area contributed by atoms with Gasteiger partial charge < -0.3 is 15.7 Å². The summed E-state index contributed by atoms with van der Waals surface area (Å²) < 4.78 is 0. The average molecular weight is 210 g/mol. The van der Waals surface area contributed by atoms with Gasteiger partial charge in [0.25, 0.3) is 0 Å². The van der Waals surface area contributed by atoms with Gasteiger partial charge in [0.1, 0.15) is 6.61 Å². The highest BCUT2D eigenvalue weighted by molar-refractivity contribution is 5.81. The standard InChI is InChI=1S/C10H14N2O3/c1-4-5-9(12-10(15)6-13)7(2)11-8(3)14/h4-5,13H,1-2,6H2,3H3,(H,11,14)(H,12,15)/b9-5+. The molecule has 0 bridgehead atoms. The molecule has 0 saturated carbocycles. The predicted octanol–water partition coefficient (Wildman–Crippen LogP) is -0.185. The number of aliphatic hydroxyl groups is 1. The summed E-state index contributed by atoms with van der Waals surface area (Å²) in [5.74, 6) is -0.886. The van der Waals surface area contributed by atoms with Crippen LogP contribution in [0, 0.1) is 0 Å². The molecule has 0 rings (SSSR count). The number of aliphatic hydroxyl groups excluding tert-OH is 1. The van der Waals surface area contributed by atoms with Crippen LogP contribution >= 0.6 is 0 Å². The first-order valence-corrected chi connectivity index (χ1v) is 4.21. The van der Waals surface area contributed by atoms with Crippen molar-refractivity contribution in [3.05, 3.63) is 36.7 Å². The third-order valence-corrected chi connectivity index (χ3v) is 1.35. The van der Waals surface area contributed by atoms with E-state index in [-0.39, 0.29) is 11.6 Å². The lowest BCUT2D eigenvalue weighted by Gasteiger charge is -2.11. The molecule has 0 aliphatic carbocycles. The van der Waals surface area contributed by atoms with Crippen LogP contribution < -0.4 is 10.6 Å². The van der Waals surface area contributed by atoms with Gasteiger partial charge in [0.05, 0.1) is 11.4 Å². The minimum atomic E-state index is -0.637. The monoisotopic (exact) mass is 210 g/mol. The van der Waals surface area contributed by atoms with Gasteiger partial charge in [-0.2, -0.15) is 0 Å². The van der Waals surface area contributed by atoms with Crippen molar-refractivity contribution in [3.8, 4) is 0 Å². The summed E-state index contributed by atoms with van der Waals surface area (Å²) in [6.45, 7) is 7.69. The molecule has 15 heavy (non-hydrogen) atoms. The first-order chi connectivity index (χ1) is 7.01. The van der Waals surface area contributed by atoms with Crippen molar-refractivity contribution in [1.82, 2.24) is 10.6 Å². The lowest BCUT2D eigenvalue weighted by Crippen LogP contribution is -2.31. The molecule has 5 nitrogen and oxygen atoms in total. The van der Waals surface area contributed by atoms with Crippen molar-refractivity contribution < 1.29 is 14.7 Å². The number of hydrogen-bond donors (Lipinski definition) is 3. The number of nitrogens with one attached hydrogen (secondary N) is 2. The van der Waals surface area contributed by atoms with E-state index in [1.807, 2.05) is 0 Å². The maximum Gasteiger partial charge on any atom is 0.250 e. The molecule has 0 aromatic rings. The van der Waals surface area contributed by atoms with Crippen LogP contribution in [0.3, 0.4) is 0 Å². The van der Waals surface area contributed by atoms with E-state index in [2.05, 4.69) is 23.8 Å². The van der Waals surface area contributed by atoms with E-state index in [0.717, 1.165) is 0 Å². The second-order valence-electron chi connectivity index (χ2n) is 2.68. The molecular weight excluding hydrogens is 196 g/mol. The van der Waals surface area contributed by atoms with Crippen LogP contribution in [-0.4, -0.2) is 23.5 Å². The number of carbonyl (C=O) groups excluding carboxylic acids is 2. The summed E-state index contributed by atoms with van der Waals surface area (Å²) in [6.07, 6.45) is 2.89. The zero-order valence-electron chi connectivity index (χ0n) is 8.54. The van der Waals surface area contributed by atoms with Crippen LogP contribution in [-0.2, 0) is 9.59 Å². The molecule has 5 heteroatoms. The van der Waals surface area contributed by atoms with Crippen LogP contribution in [0.2, 0.25) is 0 Å². The Bertz CT molecular complexity index is 319. The third-order valence-electron chi connectivity index (χ3n) is 1.35. The number of rotatable bonds is 5. The smallest absolute Gasteiger partial charge is 0.250 e. The van der Waals surface area contributed by atoms with Crippen LogP contribution in [0.25, 0.3) is 0 Å². The molecule has 0 aromatic carbocycles. The van der Waals surface area contributed by atoms with Gasteiger partial charge in [0.15, 0.2) is 0 Å². The van der Waals surface area contributed by atoms with Crippen LogP contribution in [0.1, 0.15) is 6.92 Å². The second kappa shape index (κ2) is 6.56. The van der Waals surface area contributed by atoms with Crippen molar-refractivity contribution in [3.63, 3.8) is 0 Å². The zero-order chi connectivity index (χ0) is 11.8. The fourth-order valence-electron chi connectivity index (χ4n) is 0.805. The molecule has 0 aliphatic heterocycles. The topological polar surface area (TPSA) is 78.4 Å². The molecule has 0 aromatic heterocycles. The highest BCUT2D eigenvalue weighted by atomic mass is 16.3. The van der Waals surface area contributed by atoms with Crippen molar-refractivity contribution >= 4 is 11.8 Å². The average Bonchev–Trinajstić information content (AvgIpc) is 2.15. The zero-order valence-corrected chi connectivity index (χ0v) is 8.54. The van der Waals surface area contributed by atoms with Crippen molar-refractivity contribution in [1.29, 1.82) is 0 Å². The summed E-state index contributed by atoms with van der Waals surface area (Å²) in [6, 6.07) is 0. The predicted molar refractivity (Wildman–Crippen MR) is 56.5 cm³/mol. The second-order valence-corrected chi connectivity index (χ2v) is 2.68. The molecule has 0 spiro atoms. The molecule has 0 heterocycles. The Labute approximate surface area is 88.2 Å². The Morgan fingerprint density at radius 1 is 1.40 bits per heavy atom. The first kappa shape index (κ1) is 13.1. The maximum atomic E-state index is 10.9. The Morgan fingerprint density at radius 2 is 2.00 bits per heavy atom. The Hall–Kier alpha value is -1.88. The van der Waals surface area contributed by atoms with E-state index in [4.69, 9.17) is 5.11 Å². The van der Waals surface area contributed by atoms with Gasteiger partial charge >= 0.3 is 0 Å². The van der Waals surface area contributed by atoms with E-state index < -0.39 is 12.5 Å². The third kappa shape index (κ3) is 5.43. The van der Waals surface area contributed by atoms with Crippen LogP contribution in [0.4, 0.5) is 0 Å². The molecule has 0 radical (unpaired) electrons. The van der Waals surface area contributed by atoms with Crippen LogP contribution in [0.15, 0.2) is 36.7 Å². The fourth-order valence-corrected chi connectivity index (χ4v) is 0.805. The summed E-state index contributed by atoms with van der Waals surface area (Å²) >= 11 is 0. The molecule has 0 atom stereocenters. The summed E-state index contributed by atoms with van der Waals surface area (Å²) in [4.78, 5) is 21.6. The van der Waals surface area contributed by atoms with Gasteiger partial charge in [-0.05, 0) is 6.08 Å². The van der Waals surface area contributed by atoms with E-state index in [1.54, 1.807) is 0 Å². The molecular formula is C10H14N2O3. The molecule has 0 unspecified atom stereocenters. The molecule has 0 fully saturated rings. The number of allylic oxidation sites excluding steroid dienone is 2. The summed E-state index contributed by atoms with van der Waals surface area (Å²) in [5, 5.41) is 13.3. The number of hydrogen-bond acceptors (Lipinski definition) is 3. The van der Waals surface area contributed by atoms with Gasteiger partial charge in [-0.25, -0.2) is 0 Å². The number of carbonyl (C=O) groups is 2. The SMILES string of the molecule is C=C/C=C(/NC(=O)CO)C(=C)NC(C)=O.